The predicted octanol–water partition coefficient (Wildman–Crippen LogP) is 2.90. The Labute approximate surface area is 171 Å². The van der Waals surface area contributed by atoms with Gasteiger partial charge in [0.05, 0.1) is 32.1 Å². The van der Waals surface area contributed by atoms with Crippen molar-refractivity contribution >= 4 is 23.2 Å². The van der Waals surface area contributed by atoms with Crippen LogP contribution in [0.1, 0.15) is 19.4 Å². The molecule has 0 atom stereocenters. The molecule has 7 heteroatoms. The van der Waals surface area contributed by atoms with Gasteiger partial charge < -0.3 is 14.8 Å². The topological polar surface area (TPSA) is 71.1 Å². The summed E-state index contributed by atoms with van der Waals surface area (Å²) < 4.78 is 10.6. The highest BCUT2D eigenvalue weighted by Crippen LogP contribution is 2.36. The zero-order chi connectivity index (χ0) is 21.2. The standard InChI is InChI=1S/C22H27N3O4/c1-22(2)21(27)23-16-8-6-7-9-17(16)25(22)20(26)14-24(3)13-15-10-11-18(28-4)19(12-15)29-5/h6-12H,13-14H2,1-5H3,(H,23,27). The average molecular weight is 397 g/mol. The molecule has 1 aliphatic heterocycles. The summed E-state index contributed by atoms with van der Waals surface area (Å²) in [6, 6.07) is 13.0. The number of hydrogen-bond donors (Lipinski definition) is 1. The lowest BCUT2D eigenvalue weighted by atomic mass is 9.96. The molecule has 1 heterocycles. The first-order valence-electron chi connectivity index (χ1n) is 9.41. The molecule has 0 radical (unpaired) electrons. The van der Waals surface area contributed by atoms with Gasteiger partial charge in [0.25, 0.3) is 0 Å². The minimum atomic E-state index is -0.977. The van der Waals surface area contributed by atoms with Gasteiger partial charge in [0.15, 0.2) is 11.5 Å². The molecular formula is C22H27N3O4. The van der Waals surface area contributed by atoms with Crippen LogP contribution in [-0.2, 0) is 16.1 Å². The highest BCUT2D eigenvalue weighted by molar-refractivity contribution is 6.14. The lowest BCUT2D eigenvalue weighted by Gasteiger charge is -2.42. The zero-order valence-electron chi connectivity index (χ0n) is 17.5. The van der Waals surface area contributed by atoms with Gasteiger partial charge in [-0.05, 0) is 50.7 Å². The van der Waals surface area contributed by atoms with Crippen LogP contribution in [0.2, 0.25) is 0 Å². The van der Waals surface area contributed by atoms with E-state index in [4.69, 9.17) is 9.47 Å². The second-order valence-electron chi connectivity index (χ2n) is 7.62. The van der Waals surface area contributed by atoms with Gasteiger partial charge in [-0.25, -0.2) is 0 Å². The molecule has 0 spiro atoms. The average Bonchev–Trinajstić information content (AvgIpc) is 2.68. The quantitative estimate of drug-likeness (QED) is 0.812. The largest absolute Gasteiger partial charge is 0.493 e. The van der Waals surface area contributed by atoms with Crippen molar-refractivity contribution in [2.24, 2.45) is 0 Å². The number of methoxy groups -OCH3 is 2. The van der Waals surface area contributed by atoms with E-state index in [1.54, 1.807) is 39.0 Å². The van der Waals surface area contributed by atoms with E-state index in [0.717, 1.165) is 5.56 Å². The van der Waals surface area contributed by atoms with E-state index in [9.17, 15) is 9.59 Å². The van der Waals surface area contributed by atoms with Gasteiger partial charge in [-0.1, -0.05) is 18.2 Å². The summed E-state index contributed by atoms with van der Waals surface area (Å²) in [6.07, 6.45) is 0. The fourth-order valence-corrected chi connectivity index (χ4v) is 3.55. The van der Waals surface area contributed by atoms with E-state index < -0.39 is 5.54 Å². The number of ether oxygens (including phenoxy) is 2. The Kier molecular flexibility index (Phi) is 5.79. The first-order chi connectivity index (χ1) is 13.8. The van der Waals surface area contributed by atoms with Gasteiger partial charge in [-0.3, -0.25) is 19.4 Å². The lowest BCUT2D eigenvalue weighted by Crippen LogP contribution is -2.60. The van der Waals surface area contributed by atoms with Crippen LogP contribution in [0.3, 0.4) is 0 Å². The van der Waals surface area contributed by atoms with E-state index >= 15 is 0 Å². The highest BCUT2D eigenvalue weighted by atomic mass is 16.5. The summed E-state index contributed by atoms with van der Waals surface area (Å²) in [7, 11) is 5.06. The number of rotatable bonds is 6. The van der Waals surface area contributed by atoms with Gasteiger partial charge in [0.2, 0.25) is 11.8 Å². The van der Waals surface area contributed by atoms with Crippen LogP contribution in [-0.4, -0.2) is 50.1 Å². The normalized spacial score (nSPS) is 15.0. The molecule has 0 aromatic heterocycles. The van der Waals surface area contributed by atoms with Crippen LogP contribution in [0.25, 0.3) is 0 Å². The van der Waals surface area contributed by atoms with Crippen LogP contribution in [0.5, 0.6) is 11.5 Å². The summed E-state index contributed by atoms with van der Waals surface area (Å²) in [5, 5.41) is 2.88. The molecule has 3 rings (SSSR count). The van der Waals surface area contributed by atoms with Crippen LogP contribution < -0.4 is 19.7 Å². The molecule has 2 aromatic carbocycles. The lowest BCUT2D eigenvalue weighted by molar-refractivity contribution is -0.127. The van der Waals surface area contributed by atoms with Crippen LogP contribution >= 0.6 is 0 Å². The molecule has 0 fully saturated rings. The number of anilines is 2. The molecule has 154 valence electrons. The minimum absolute atomic E-state index is 0.139. The maximum atomic E-state index is 13.2. The Bertz CT molecular complexity index is 926. The van der Waals surface area contributed by atoms with E-state index in [1.165, 1.54) is 0 Å². The Morgan fingerprint density at radius 2 is 1.79 bits per heavy atom. The number of carbonyl (C=O) groups excluding carboxylic acids is 2. The smallest absolute Gasteiger partial charge is 0.250 e. The molecular weight excluding hydrogens is 370 g/mol. The van der Waals surface area contributed by atoms with E-state index in [-0.39, 0.29) is 18.4 Å². The number of likely N-dealkylation sites (N-methyl/N-ethyl adjacent to an activating group) is 1. The predicted molar refractivity (Wildman–Crippen MR) is 113 cm³/mol. The van der Waals surface area contributed by atoms with Gasteiger partial charge in [-0.15, -0.1) is 0 Å². The number of fused-ring (bicyclic) bond motifs is 1. The first kappa shape index (κ1) is 20.7. The SMILES string of the molecule is COc1ccc(CN(C)CC(=O)N2c3ccccc3NC(=O)C2(C)C)cc1OC. The van der Waals surface area contributed by atoms with E-state index in [1.807, 2.05) is 48.3 Å². The molecule has 0 saturated heterocycles. The number of nitrogens with zero attached hydrogens (tertiary/aromatic N) is 2. The molecule has 1 aliphatic rings. The monoisotopic (exact) mass is 397 g/mol. The van der Waals surface area contributed by atoms with Crippen molar-refractivity contribution in [3.05, 3.63) is 48.0 Å². The minimum Gasteiger partial charge on any atom is -0.493 e. The van der Waals surface area contributed by atoms with Gasteiger partial charge in [0.1, 0.15) is 5.54 Å². The number of carbonyl (C=O) groups is 2. The molecule has 29 heavy (non-hydrogen) atoms. The van der Waals surface area contributed by atoms with Crippen molar-refractivity contribution < 1.29 is 19.1 Å². The number of hydrogen-bond acceptors (Lipinski definition) is 5. The fourth-order valence-electron chi connectivity index (χ4n) is 3.55. The number of benzene rings is 2. The van der Waals surface area contributed by atoms with Crippen LogP contribution in [0.15, 0.2) is 42.5 Å². The summed E-state index contributed by atoms with van der Waals surface area (Å²) >= 11 is 0. The molecule has 2 amide bonds. The Morgan fingerprint density at radius 3 is 2.48 bits per heavy atom. The number of para-hydroxylation sites is 2. The van der Waals surface area contributed by atoms with E-state index in [2.05, 4.69) is 5.32 Å². The Balaban J connectivity index is 1.78. The first-order valence-corrected chi connectivity index (χ1v) is 9.41. The Hall–Kier alpha value is -3.06. The molecule has 2 aromatic rings. The third-order valence-electron chi connectivity index (χ3n) is 5.06. The number of nitrogens with one attached hydrogen (secondary N) is 1. The van der Waals surface area contributed by atoms with Crippen molar-refractivity contribution in [3.63, 3.8) is 0 Å². The summed E-state index contributed by atoms with van der Waals surface area (Å²) in [4.78, 5) is 29.3. The third-order valence-corrected chi connectivity index (χ3v) is 5.06. The van der Waals surface area contributed by atoms with Crippen molar-refractivity contribution in [1.29, 1.82) is 0 Å². The van der Waals surface area contributed by atoms with Crippen LogP contribution in [0, 0.1) is 0 Å². The fraction of sp³-hybridized carbons (Fsp3) is 0.364. The number of amides is 2. The maximum Gasteiger partial charge on any atom is 0.250 e. The second kappa shape index (κ2) is 8.13. The van der Waals surface area contributed by atoms with E-state index in [0.29, 0.717) is 29.4 Å². The molecule has 1 N–H and O–H groups in total. The molecule has 7 nitrogen and oxygen atoms in total. The molecule has 0 aliphatic carbocycles. The van der Waals surface area contributed by atoms with Gasteiger partial charge in [-0.2, -0.15) is 0 Å². The van der Waals surface area contributed by atoms with Gasteiger partial charge in [0, 0.05) is 6.54 Å². The molecule has 0 bridgehead atoms. The Morgan fingerprint density at radius 1 is 1.10 bits per heavy atom. The van der Waals surface area contributed by atoms with Crippen LogP contribution in [0.4, 0.5) is 11.4 Å². The molecule has 0 unspecified atom stereocenters. The maximum absolute atomic E-state index is 13.2. The summed E-state index contributed by atoms with van der Waals surface area (Å²) in [6.45, 7) is 4.22. The summed E-state index contributed by atoms with van der Waals surface area (Å²) in [5.41, 5.74) is 1.37. The highest BCUT2D eigenvalue weighted by Gasteiger charge is 2.43. The second-order valence-corrected chi connectivity index (χ2v) is 7.62. The van der Waals surface area contributed by atoms with Gasteiger partial charge >= 0.3 is 0 Å². The van der Waals surface area contributed by atoms with Crippen molar-refractivity contribution in [1.82, 2.24) is 4.90 Å². The third kappa shape index (κ3) is 4.05. The van der Waals surface area contributed by atoms with Crippen molar-refractivity contribution in [2.45, 2.75) is 25.9 Å². The van der Waals surface area contributed by atoms with Crippen molar-refractivity contribution in [3.8, 4) is 11.5 Å². The molecule has 0 saturated carbocycles. The zero-order valence-corrected chi connectivity index (χ0v) is 17.5. The summed E-state index contributed by atoms with van der Waals surface area (Å²) in [5.74, 6) is 0.965. The van der Waals surface area contributed by atoms with Crippen molar-refractivity contribution in [2.75, 3.05) is 38.0 Å².